The Morgan fingerprint density at radius 3 is 1.13 bits per heavy atom. The van der Waals surface area contributed by atoms with Gasteiger partial charge in [0.15, 0.2) is 0 Å². The van der Waals surface area contributed by atoms with Gasteiger partial charge in [-0.1, -0.05) is 160 Å². The highest BCUT2D eigenvalue weighted by Gasteiger charge is 2.25. The summed E-state index contributed by atoms with van der Waals surface area (Å²) < 4.78 is 23.3. The second-order valence-corrected chi connectivity index (χ2v) is 23.6. The number of carbonyl (C=O) groups is 2. The maximum absolute atomic E-state index is 13.7. The van der Waals surface area contributed by atoms with Gasteiger partial charge in [-0.05, 0) is 174 Å². The van der Waals surface area contributed by atoms with Gasteiger partial charge in [-0.2, -0.15) is 0 Å². The molecule has 2 aliphatic carbocycles. The van der Waals surface area contributed by atoms with Crippen LogP contribution < -0.4 is 29.6 Å². The molecule has 0 spiro atoms. The average Bonchev–Trinajstić information content (AvgIpc) is 3.46. The second-order valence-electron chi connectivity index (χ2n) is 23.6. The summed E-state index contributed by atoms with van der Waals surface area (Å²) in [6.45, 7) is 17.8. The standard InChI is InChI=1S/C35H45NO3.C34H43NO4/c1-5-23-38-31-19-11-26(12-20-31)24-33(28-13-15-29(16-14-28)35(2,3)4)34(37)36-30-17-21-32(22-18-30)39-25-27-9-7-6-8-10-27;1-34(2,3)28-13-11-27(12-14-28)32(23-25-9-17-30(18-10-25)38-22-21-36)33(37)35-29-15-19-31(20-16-29)39-24-26-7-5-4-6-8-26/h11-22,27,33H,5-10,23-25H2,1-4H3,(H,36,37);9-20,26,32,36H,4-8,21-24H2,1-3H3,(H,35,37). The van der Waals surface area contributed by atoms with Gasteiger partial charge < -0.3 is 34.7 Å². The quantitative estimate of drug-likeness (QED) is 0.0620. The van der Waals surface area contributed by atoms with Gasteiger partial charge in [0.05, 0.1) is 38.3 Å². The summed E-state index contributed by atoms with van der Waals surface area (Å²) in [7, 11) is 0. The van der Waals surface area contributed by atoms with Crippen LogP contribution in [0.5, 0.6) is 23.0 Å². The van der Waals surface area contributed by atoms with Crippen LogP contribution in [0.2, 0.25) is 0 Å². The van der Waals surface area contributed by atoms with Crippen LogP contribution in [0.15, 0.2) is 146 Å². The predicted octanol–water partition coefficient (Wildman–Crippen LogP) is 16.0. The zero-order chi connectivity index (χ0) is 55.3. The third-order valence-corrected chi connectivity index (χ3v) is 15.2. The molecule has 9 nitrogen and oxygen atoms in total. The van der Waals surface area contributed by atoms with Crippen molar-refractivity contribution in [3.05, 3.63) is 179 Å². The molecule has 8 rings (SSSR count). The minimum Gasteiger partial charge on any atom is -0.494 e. The fourth-order valence-electron chi connectivity index (χ4n) is 10.3. The van der Waals surface area contributed by atoms with Crippen molar-refractivity contribution >= 4 is 23.2 Å². The minimum absolute atomic E-state index is 0.0132. The molecule has 2 atom stereocenters. The fraction of sp³-hybridized carbons (Fsp3) is 0.449. The van der Waals surface area contributed by atoms with Crippen molar-refractivity contribution in [2.24, 2.45) is 11.8 Å². The van der Waals surface area contributed by atoms with E-state index in [2.05, 4.69) is 120 Å². The van der Waals surface area contributed by atoms with E-state index in [0.717, 1.165) is 70.5 Å². The first-order valence-electron chi connectivity index (χ1n) is 29.0. The van der Waals surface area contributed by atoms with Gasteiger partial charge in [0, 0.05) is 11.4 Å². The summed E-state index contributed by atoms with van der Waals surface area (Å²) in [6, 6.07) is 48.3. The lowest BCUT2D eigenvalue weighted by molar-refractivity contribution is -0.118. The number of nitrogens with one attached hydrogen (secondary N) is 2. The molecule has 0 heterocycles. The van der Waals surface area contributed by atoms with Gasteiger partial charge in [0.1, 0.15) is 29.6 Å². The molecule has 2 fully saturated rings. The van der Waals surface area contributed by atoms with Crippen molar-refractivity contribution in [1.29, 1.82) is 0 Å². The Balaban J connectivity index is 0.000000226. The Morgan fingerprint density at radius 2 is 0.795 bits per heavy atom. The van der Waals surface area contributed by atoms with Crippen LogP contribution in [0.1, 0.15) is 164 Å². The van der Waals surface area contributed by atoms with Crippen LogP contribution >= 0.6 is 0 Å². The first kappa shape index (κ1) is 59.1. The summed E-state index contributed by atoms with van der Waals surface area (Å²) in [5.74, 6) is 3.85. The molecule has 2 aliphatic rings. The Hall–Kier alpha value is -6.58. The van der Waals surface area contributed by atoms with Crippen LogP contribution in [0.25, 0.3) is 0 Å². The molecule has 2 amide bonds. The first-order chi connectivity index (χ1) is 37.6. The molecule has 0 aromatic heterocycles. The minimum atomic E-state index is -0.356. The van der Waals surface area contributed by atoms with E-state index >= 15 is 0 Å². The lowest BCUT2D eigenvalue weighted by Crippen LogP contribution is -2.23. The van der Waals surface area contributed by atoms with Gasteiger partial charge in [0.25, 0.3) is 0 Å². The number of aliphatic hydroxyl groups excluding tert-OH is 1. The van der Waals surface area contributed by atoms with Gasteiger partial charge in [-0.15, -0.1) is 0 Å². The number of anilines is 2. The van der Waals surface area contributed by atoms with E-state index in [0.29, 0.717) is 37.0 Å². The summed E-state index contributed by atoms with van der Waals surface area (Å²) in [4.78, 5) is 27.3. The number of aliphatic hydroxyl groups is 1. The Morgan fingerprint density at radius 1 is 0.462 bits per heavy atom. The SMILES string of the molecule is CC(C)(C)c1ccc(C(Cc2ccc(OCCO)cc2)C(=O)Nc2ccc(OCC3CCCCC3)cc2)cc1.CCCOc1ccc(CC(C(=O)Nc2ccc(OCC3CCCCC3)cc2)c2ccc(C(C)(C)C)cc2)cc1. The van der Waals surface area contributed by atoms with Gasteiger partial charge >= 0.3 is 0 Å². The van der Waals surface area contributed by atoms with Crippen molar-refractivity contribution in [3.8, 4) is 23.0 Å². The maximum Gasteiger partial charge on any atom is 0.232 e. The highest BCUT2D eigenvalue weighted by molar-refractivity contribution is 5.97. The maximum atomic E-state index is 13.7. The van der Waals surface area contributed by atoms with E-state index in [1.807, 2.05) is 84.9 Å². The predicted molar refractivity (Wildman–Crippen MR) is 319 cm³/mol. The average molecular weight is 1060 g/mol. The molecule has 0 radical (unpaired) electrons. The number of rotatable bonds is 22. The zero-order valence-corrected chi connectivity index (χ0v) is 47.8. The highest BCUT2D eigenvalue weighted by atomic mass is 16.5. The van der Waals surface area contributed by atoms with Crippen molar-refractivity contribution in [3.63, 3.8) is 0 Å². The van der Waals surface area contributed by atoms with E-state index < -0.39 is 0 Å². The van der Waals surface area contributed by atoms with Crippen molar-refractivity contribution in [2.75, 3.05) is 43.7 Å². The third-order valence-electron chi connectivity index (χ3n) is 15.2. The van der Waals surface area contributed by atoms with Gasteiger partial charge in [-0.25, -0.2) is 0 Å². The van der Waals surface area contributed by atoms with Crippen molar-refractivity contribution < 1.29 is 33.6 Å². The monoisotopic (exact) mass is 1060 g/mol. The largest absolute Gasteiger partial charge is 0.494 e. The van der Waals surface area contributed by atoms with E-state index in [9.17, 15) is 9.59 Å². The molecule has 6 aromatic carbocycles. The zero-order valence-electron chi connectivity index (χ0n) is 47.8. The number of amides is 2. The highest BCUT2D eigenvalue weighted by Crippen LogP contribution is 2.32. The van der Waals surface area contributed by atoms with E-state index in [-0.39, 0.29) is 47.7 Å². The molecule has 2 saturated carbocycles. The third kappa shape index (κ3) is 18.8. The summed E-state index contributed by atoms with van der Waals surface area (Å²) in [5, 5.41) is 15.3. The van der Waals surface area contributed by atoms with Crippen LogP contribution in [-0.4, -0.2) is 50.0 Å². The Bertz CT molecular complexity index is 2500. The normalized spacial score (nSPS) is 15.0. The van der Waals surface area contributed by atoms with Crippen molar-refractivity contribution in [2.45, 2.75) is 155 Å². The molecule has 6 aromatic rings. The molecule has 0 saturated heterocycles. The number of benzene rings is 6. The van der Waals surface area contributed by atoms with E-state index in [1.165, 1.54) is 75.3 Å². The number of hydrogen-bond donors (Lipinski definition) is 3. The number of ether oxygens (including phenoxy) is 4. The molecule has 0 aliphatic heterocycles. The Labute approximate surface area is 466 Å². The fourth-order valence-corrected chi connectivity index (χ4v) is 10.3. The molecule has 9 heteroatoms. The lowest BCUT2D eigenvalue weighted by atomic mass is 9.84. The topological polar surface area (TPSA) is 115 Å². The van der Waals surface area contributed by atoms with Crippen LogP contribution in [0, 0.1) is 11.8 Å². The smallest absolute Gasteiger partial charge is 0.232 e. The molecule has 78 heavy (non-hydrogen) atoms. The van der Waals surface area contributed by atoms with Crippen LogP contribution in [0.4, 0.5) is 11.4 Å². The number of carbonyl (C=O) groups excluding carboxylic acids is 2. The van der Waals surface area contributed by atoms with E-state index in [1.54, 1.807) is 0 Å². The molecule has 416 valence electrons. The second kappa shape index (κ2) is 29.4. The molecular formula is C69H88N2O7. The molecule has 0 bridgehead atoms. The van der Waals surface area contributed by atoms with Gasteiger partial charge in [0.2, 0.25) is 11.8 Å². The first-order valence-corrected chi connectivity index (χ1v) is 29.0. The van der Waals surface area contributed by atoms with E-state index in [4.69, 9.17) is 24.1 Å². The Kier molecular flexibility index (Phi) is 22.3. The molecule has 3 N–H and O–H groups in total. The molecule has 2 unspecified atom stereocenters. The van der Waals surface area contributed by atoms with Crippen LogP contribution in [-0.2, 0) is 33.3 Å². The lowest BCUT2D eigenvalue weighted by Gasteiger charge is -2.22. The summed E-state index contributed by atoms with van der Waals surface area (Å²) in [5.41, 5.74) is 8.27. The summed E-state index contributed by atoms with van der Waals surface area (Å²) >= 11 is 0. The van der Waals surface area contributed by atoms with Crippen LogP contribution in [0.3, 0.4) is 0 Å². The number of hydrogen-bond acceptors (Lipinski definition) is 7. The summed E-state index contributed by atoms with van der Waals surface area (Å²) in [6.07, 6.45) is 15.1. The molecular weight excluding hydrogens is 969 g/mol. The van der Waals surface area contributed by atoms with Gasteiger partial charge in [-0.3, -0.25) is 9.59 Å². The van der Waals surface area contributed by atoms with Crippen molar-refractivity contribution in [1.82, 2.24) is 0 Å².